The van der Waals surface area contributed by atoms with Crippen molar-refractivity contribution in [3.8, 4) is 0 Å². The number of hydrogen-bond donors (Lipinski definition) is 2. The number of aromatic nitrogens is 2. The first-order chi connectivity index (χ1) is 8.10. The molecule has 6 heteroatoms. The average Bonchev–Trinajstić information content (AvgIpc) is 2.73. The zero-order valence-corrected chi connectivity index (χ0v) is 10.8. The molecule has 1 aromatic heterocycles. The molecule has 5 nitrogen and oxygen atoms in total. The Kier molecular flexibility index (Phi) is 3.69. The number of nitrogens with zero attached hydrogens (tertiary/aromatic N) is 2. The van der Waals surface area contributed by atoms with E-state index >= 15 is 0 Å². The predicted molar refractivity (Wildman–Crippen MR) is 68.3 cm³/mol. The third-order valence-electron chi connectivity index (χ3n) is 3.17. The van der Waals surface area contributed by atoms with E-state index in [1.165, 1.54) is 0 Å². The highest BCUT2D eigenvalue weighted by molar-refractivity contribution is 6.28. The van der Waals surface area contributed by atoms with Gasteiger partial charge in [0.05, 0.1) is 17.5 Å². The first-order valence-corrected chi connectivity index (χ1v) is 6.07. The molecule has 2 unspecified atom stereocenters. The molecule has 1 fully saturated rings. The first-order valence-electron chi connectivity index (χ1n) is 5.69. The van der Waals surface area contributed by atoms with E-state index < -0.39 is 0 Å². The lowest BCUT2D eigenvalue weighted by Gasteiger charge is -2.15. The SMILES string of the molecule is COC1CCC(Nc2nc(Cl)nc(C)c2N)C1. The van der Waals surface area contributed by atoms with Crippen LogP contribution in [0.4, 0.5) is 11.5 Å². The van der Waals surface area contributed by atoms with E-state index in [1.54, 1.807) is 7.11 Å². The van der Waals surface area contributed by atoms with Crippen LogP contribution in [0.25, 0.3) is 0 Å². The maximum absolute atomic E-state index is 5.92. The Labute approximate surface area is 106 Å². The van der Waals surface area contributed by atoms with E-state index in [9.17, 15) is 0 Å². The number of anilines is 2. The van der Waals surface area contributed by atoms with Crippen molar-refractivity contribution in [1.82, 2.24) is 9.97 Å². The van der Waals surface area contributed by atoms with Gasteiger partial charge in [-0.3, -0.25) is 0 Å². The van der Waals surface area contributed by atoms with Gasteiger partial charge < -0.3 is 15.8 Å². The van der Waals surface area contributed by atoms with Gasteiger partial charge in [-0.15, -0.1) is 0 Å². The standard InChI is InChI=1S/C11H17ClN4O/c1-6-9(13)10(16-11(12)14-6)15-7-3-4-8(5-7)17-2/h7-8H,3-5,13H2,1-2H3,(H,14,15,16). The van der Waals surface area contributed by atoms with E-state index in [1.807, 2.05) is 6.92 Å². The zero-order valence-electron chi connectivity index (χ0n) is 10.0. The molecule has 3 N–H and O–H groups in total. The summed E-state index contributed by atoms with van der Waals surface area (Å²) in [5.74, 6) is 0.629. The first kappa shape index (κ1) is 12.4. The van der Waals surface area contributed by atoms with E-state index in [2.05, 4.69) is 15.3 Å². The molecule has 2 atom stereocenters. The zero-order chi connectivity index (χ0) is 12.4. The minimum Gasteiger partial charge on any atom is -0.394 e. The second-order valence-electron chi connectivity index (χ2n) is 4.35. The summed E-state index contributed by atoms with van der Waals surface area (Å²) in [6.45, 7) is 1.82. The molecule has 0 bridgehead atoms. The highest BCUT2D eigenvalue weighted by Crippen LogP contribution is 2.27. The van der Waals surface area contributed by atoms with Crippen molar-refractivity contribution < 1.29 is 4.74 Å². The molecular weight excluding hydrogens is 240 g/mol. The van der Waals surface area contributed by atoms with Crippen LogP contribution >= 0.6 is 11.6 Å². The van der Waals surface area contributed by atoms with Gasteiger partial charge in [0.1, 0.15) is 0 Å². The lowest BCUT2D eigenvalue weighted by Crippen LogP contribution is -2.19. The number of rotatable bonds is 3. The van der Waals surface area contributed by atoms with Crippen molar-refractivity contribution in [2.24, 2.45) is 0 Å². The third-order valence-corrected chi connectivity index (χ3v) is 3.34. The molecule has 94 valence electrons. The monoisotopic (exact) mass is 256 g/mol. The van der Waals surface area contributed by atoms with Crippen molar-refractivity contribution in [2.75, 3.05) is 18.2 Å². The van der Waals surface area contributed by atoms with Gasteiger partial charge in [0.2, 0.25) is 5.28 Å². The van der Waals surface area contributed by atoms with E-state index in [4.69, 9.17) is 22.1 Å². The molecule has 0 spiro atoms. The van der Waals surface area contributed by atoms with Crippen LogP contribution in [0.1, 0.15) is 25.0 Å². The maximum Gasteiger partial charge on any atom is 0.224 e. The molecule has 17 heavy (non-hydrogen) atoms. The van der Waals surface area contributed by atoms with E-state index in [0.717, 1.165) is 19.3 Å². The smallest absolute Gasteiger partial charge is 0.224 e. The van der Waals surface area contributed by atoms with Crippen molar-refractivity contribution in [2.45, 2.75) is 38.3 Å². The molecule has 0 aliphatic heterocycles. The van der Waals surface area contributed by atoms with Gasteiger partial charge in [0.15, 0.2) is 5.82 Å². The Balaban J connectivity index is 2.09. The van der Waals surface area contributed by atoms with Crippen LogP contribution in [-0.4, -0.2) is 29.2 Å². The van der Waals surface area contributed by atoms with E-state index in [-0.39, 0.29) is 5.28 Å². The molecule has 1 aliphatic rings. The molecule has 1 heterocycles. The molecule has 0 amide bonds. The molecule has 1 saturated carbocycles. The minimum atomic E-state index is 0.223. The van der Waals surface area contributed by atoms with Crippen LogP contribution in [0.15, 0.2) is 0 Å². The summed E-state index contributed by atoms with van der Waals surface area (Å²) in [5, 5.41) is 3.54. The van der Waals surface area contributed by atoms with Crippen LogP contribution in [0.2, 0.25) is 5.28 Å². The largest absolute Gasteiger partial charge is 0.394 e. The van der Waals surface area contributed by atoms with Crippen molar-refractivity contribution >= 4 is 23.1 Å². The van der Waals surface area contributed by atoms with Gasteiger partial charge in [-0.1, -0.05) is 0 Å². The Morgan fingerprint density at radius 1 is 1.41 bits per heavy atom. The molecule has 1 aliphatic carbocycles. The normalized spacial score (nSPS) is 23.9. The number of hydrogen-bond acceptors (Lipinski definition) is 5. The highest BCUT2D eigenvalue weighted by atomic mass is 35.5. The fraction of sp³-hybridized carbons (Fsp3) is 0.636. The van der Waals surface area contributed by atoms with Crippen LogP contribution in [0, 0.1) is 6.92 Å². The number of methoxy groups -OCH3 is 1. The lowest BCUT2D eigenvalue weighted by molar-refractivity contribution is 0.108. The maximum atomic E-state index is 5.92. The summed E-state index contributed by atoms with van der Waals surface area (Å²) in [6, 6.07) is 0.340. The minimum absolute atomic E-state index is 0.223. The van der Waals surface area contributed by atoms with Crippen molar-refractivity contribution in [3.05, 3.63) is 11.0 Å². The van der Waals surface area contributed by atoms with Gasteiger partial charge in [-0.2, -0.15) is 4.98 Å². The Hall–Kier alpha value is -1.07. The van der Waals surface area contributed by atoms with Crippen LogP contribution in [0.3, 0.4) is 0 Å². The van der Waals surface area contributed by atoms with Crippen LogP contribution < -0.4 is 11.1 Å². The molecule has 0 saturated heterocycles. The van der Waals surface area contributed by atoms with Crippen molar-refractivity contribution in [1.29, 1.82) is 0 Å². The molecular formula is C11H17ClN4O. The Morgan fingerprint density at radius 2 is 2.18 bits per heavy atom. The Morgan fingerprint density at radius 3 is 2.82 bits per heavy atom. The summed E-state index contributed by atoms with van der Waals surface area (Å²) in [4.78, 5) is 8.13. The summed E-state index contributed by atoms with van der Waals surface area (Å²) in [7, 11) is 1.74. The predicted octanol–water partition coefficient (Wildman–Crippen LogP) is 2.00. The second-order valence-corrected chi connectivity index (χ2v) is 4.69. The number of nitrogen functional groups attached to an aromatic ring is 1. The van der Waals surface area contributed by atoms with Gasteiger partial charge in [0, 0.05) is 13.2 Å². The summed E-state index contributed by atoms with van der Waals surface area (Å²) in [5.41, 5.74) is 7.19. The molecule has 0 radical (unpaired) electrons. The molecule has 2 rings (SSSR count). The van der Waals surface area contributed by atoms with Gasteiger partial charge in [0.25, 0.3) is 0 Å². The van der Waals surface area contributed by atoms with Crippen LogP contribution in [-0.2, 0) is 4.74 Å². The Bertz CT molecular complexity index is 413. The fourth-order valence-electron chi connectivity index (χ4n) is 2.14. The lowest BCUT2D eigenvalue weighted by atomic mass is 10.2. The van der Waals surface area contributed by atoms with Gasteiger partial charge >= 0.3 is 0 Å². The average molecular weight is 257 g/mol. The topological polar surface area (TPSA) is 73.1 Å². The number of nitrogens with one attached hydrogen (secondary N) is 1. The number of ether oxygens (including phenoxy) is 1. The summed E-state index contributed by atoms with van der Waals surface area (Å²) >= 11 is 5.82. The van der Waals surface area contributed by atoms with E-state index in [0.29, 0.717) is 29.3 Å². The quantitative estimate of drug-likeness (QED) is 0.810. The second kappa shape index (κ2) is 5.06. The molecule has 0 aromatic carbocycles. The molecule has 1 aromatic rings. The third kappa shape index (κ3) is 2.79. The van der Waals surface area contributed by atoms with Crippen LogP contribution in [0.5, 0.6) is 0 Å². The summed E-state index contributed by atoms with van der Waals surface area (Å²) in [6.07, 6.45) is 3.41. The van der Waals surface area contributed by atoms with Crippen molar-refractivity contribution in [3.63, 3.8) is 0 Å². The van der Waals surface area contributed by atoms with Gasteiger partial charge in [-0.05, 0) is 37.8 Å². The number of halogens is 1. The van der Waals surface area contributed by atoms with Gasteiger partial charge in [-0.25, -0.2) is 4.98 Å². The highest BCUT2D eigenvalue weighted by Gasteiger charge is 2.25. The number of aryl methyl sites for hydroxylation is 1. The summed E-state index contributed by atoms with van der Waals surface area (Å²) < 4.78 is 5.33. The number of nitrogens with two attached hydrogens (primary N) is 1. The fourth-order valence-corrected chi connectivity index (χ4v) is 2.35.